The first-order chi connectivity index (χ1) is 9.61. The Morgan fingerprint density at radius 3 is 1.90 bits per heavy atom. The van der Waals surface area contributed by atoms with Gasteiger partial charge in [0.1, 0.15) is 5.92 Å². The minimum absolute atomic E-state index is 0.234. The predicted molar refractivity (Wildman–Crippen MR) is 80.3 cm³/mol. The molecule has 2 rings (SSSR count). The Labute approximate surface area is 125 Å². The van der Waals surface area contributed by atoms with Gasteiger partial charge in [-0.3, -0.25) is 9.59 Å². The average Bonchev–Trinajstić information content (AvgIpc) is 2.48. The van der Waals surface area contributed by atoms with Crippen molar-refractivity contribution in [2.75, 3.05) is 0 Å². The second kappa shape index (κ2) is 6.48. The van der Waals surface area contributed by atoms with Crippen molar-refractivity contribution >= 4 is 27.7 Å². The van der Waals surface area contributed by atoms with Gasteiger partial charge in [0.05, 0.1) is 4.83 Å². The average molecular weight is 333 g/mol. The van der Waals surface area contributed by atoms with Crippen LogP contribution in [-0.4, -0.2) is 21.7 Å². The molecule has 4 heteroatoms. The summed E-state index contributed by atoms with van der Waals surface area (Å²) in [7, 11) is 0. The van der Waals surface area contributed by atoms with E-state index in [0.29, 0.717) is 11.1 Å². The van der Waals surface area contributed by atoms with Crippen molar-refractivity contribution in [1.82, 2.24) is 0 Å². The molecular weight excluding hydrogens is 320 g/mol. The topological polar surface area (TPSA) is 54.4 Å². The molecule has 2 unspecified atom stereocenters. The molecular formula is C16H13BrO3. The molecule has 2 aromatic rings. The molecule has 1 N–H and O–H groups in total. The van der Waals surface area contributed by atoms with E-state index in [2.05, 4.69) is 15.9 Å². The predicted octanol–water partition coefficient (Wildman–Crippen LogP) is 3.50. The number of hydrogen-bond acceptors (Lipinski definition) is 2. The van der Waals surface area contributed by atoms with Crippen LogP contribution in [0.25, 0.3) is 0 Å². The van der Waals surface area contributed by atoms with E-state index in [1.165, 1.54) is 0 Å². The number of hydrogen-bond donors (Lipinski definition) is 1. The molecule has 0 radical (unpaired) electrons. The molecule has 0 spiro atoms. The lowest BCUT2D eigenvalue weighted by Crippen LogP contribution is -2.28. The van der Waals surface area contributed by atoms with Crippen LogP contribution in [0.4, 0.5) is 0 Å². The molecule has 3 nitrogen and oxygen atoms in total. The van der Waals surface area contributed by atoms with Crippen LogP contribution in [0.5, 0.6) is 0 Å². The first-order valence-electron chi connectivity index (χ1n) is 6.12. The lowest BCUT2D eigenvalue weighted by atomic mass is 9.91. The zero-order chi connectivity index (χ0) is 14.5. The summed E-state index contributed by atoms with van der Waals surface area (Å²) in [6, 6.07) is 17.4. The Morgan fingerprint density at radius 1 is 0.900 bits per heavy atom. The van der Waals surface area contributed by atoms with Gasteiger partial charge in [-0.1, -0.05) is 76.6 Å². The molecule has 0 bridgehead atoms. The Morgan fingerprint density at radius 2 is 1.40 bits per heavy atom. The molecule has 0 saturated carbocycles. The third-order valence-corrected chi connectivity index (χ3v) is 3.97. The molecule has 20 heavy (non-hydrogen) atoms. The van der Waals surface area contributed by atoms with Gasteiger partial charge in [-0.05, 0) is 5.56 Å². The highest BCUT2D eigenvalue weighted by atomic mass is 79.9. The third-order valence-electron chi connectivity index (χ3n) is 3.03. The molecule has 0 aromatic heterocycles. The van der Waals surface area contributed by atoms with Crippen molar-refractivity contribution in [3.8, 4) is 0 Å². The molecule has 0 aliphatic rings. The normalized spacial score (nSPS) is 13.4. The fourth-order valence-electron chi connectivity index (χ4n) is 2.01. The zero-order valence-electron chi connectivity index (χ0n) is 10.6. The number of benzene rings is 2. The molecule has 2 aromatic carbocycles. The second-order valence-corrected chi connectivity index (χ2v) is 5.35. The fraction of sp³-hybridized carbons (Fsp3) is 0.125. The van der Waals surface area contributed by atoms with Crippen LogP contribution in [-0.2, 0) is 4.79 Å². The number of Topliss-reactive ketones (excluding diaryl/α,β-unsaturated/α-hetero) is 1. The molecule has 102 valence electrons. The van der Waals surface area contributed by atoms with Crippen LogP contribution in [0.2, 0.25) is 0 Å². The maximum Gasteiger partial charge on any atom is 0.312 e. The zero-order valence-corrected chi connectivity index (χ0v) is 12.2. The van der Waals surface area contributed by atoms with E-state index in [-0.39, 0.29) is 5.78 Å². The first kappa shape index (κ1) is 14.5. The maximum atomic E-state index is 12.4. The van der Waals surface area contributed by atoms with Crippen molar-refractivity contribution in [2.45, 2.75) is 10.7 Å². The highest BCUT2D eigenvalue weighted by Crippen LogP contribution is 2.28. The summed E-state index contributed by atoms with van der Waals surface area (Å²) in [6.07, 6.45) is 0. The minimum Gasteiger partial charge on any atom is -0.481 e. The van der Waals surface area contributed by atoms with Crippen LogP contribution in [0.1, 0.15) is 21.8 Å². The standard InChI is InChI=1S/C16H13BrO3/c17-14(15(18)12-9-5-2-6-10-12)13(16(19)20)11-7-3-1-4-8-11/h1-10,13-14H,(H,19,20). The summed E-state index contributed by atoms with van der Waals surface area (Å²) in [6.45, 7) is 0. The van der Waals surface area contributed by atoms with Crippen LogP contribution < -0.4 is 0 Å². The summed E-state index contributed by atoms with van der Waals surface area (Å²) in [5.41, 5.74) is 1.10. The SMILES string of the molecule is O=C(c1ccccc1)C(Br)C(C(=O)O)c1ccccc1. The summed E-state index contributed by atoms with van der Waals surface area (Å²) in [4.78, 5) is 23.0. The number of alkyl halides is 1. The summed E-state index contributed by atoms with van der Waals surface area (Å²) in [5.74, 6) is -2.17. The summed E-state index contributed by atoms with van der Waals surface area (Å²) >= 11 is 3.25. The second-order valence-electron chi connectivity index (χ2n) is 4.36. The van der Waals surface area contributed by atoms with Crippen molar-refractivity contribution in [2.24, 2.45) is 0 Å². The molecule has 0 aliphatic carbocycles. The van der Waals surface area contributed by atoms with E-state index in [1.54, 1.807) is 48.5 Å². The number of carbonyl (C=O) groups excluding carboxylic acids is 1. The van der Waals surface area contributed by atoms with Gasteiger partial charge < -0.3 is 5.11 Å². The number of rotatable bonds is 5. The van der Waals surface area contributed by atoms with Crippen molar-refractivity contribution in [1.29, 1.82) is 0 Å². The van der Waals surface area contributed by atoms with Gasteiger partial charge in [-0.2, -0.15) is 0 Å². The largest absolute Gasteiger partial charge is 0.481 e. The van der Waals surface area contributed by atoms with Gasteiger partial charge in [0.15, 0.2) is 5.78 Å². The Balaban J connectivity index is 2.31. The van der Waals surface area contributed by atoms with E-state index in [1.807, 2.05) is 12.1 Å². The minimum atomic E-state index is -1.03. The van der Waals surface area contributed by atoms with Crippen LogP contribution in [0.3, 0.4) is 0 Å². The number of aliphatic carboxylic acids is 1. The number of carboxylic acids is 1. The molecule has 0 heterocycles. The van der Waals surface area contributed by atoms with Gasteiger partial charge in [0.2, 0.25) is 0 Å². The highest BCUT2D eigenvalue weighted by molar-refractivity contribution is 9.10. The maximum absolute atomic E-state index is 12.4. The monoisotopic (exact) mass is 332 g/mol. The summed E-state index contributed by atoms with van der Waals surface area (Å²) < 4.78 is 0. The van der Waals surface area contributed by atoms with Crippen LogP contribution in [0.15, 0.2) is 60.7 Å². The molecule has 0 saturated heterocycles. The van der Waals surface area contributed by atoms with Gasteiger partial charge >= 0.3 is 5.97 Å². The lowest BCUT2D eigenvalue weighted by molar-refractivity contribution is -0.138. The number of carboxylic acid groups (broad SMARTS) is 1. The molecule has 2 atom stereocenters. The first-order valence-corrected chi connectivity index (χ1v) is 7.04. The van der Waals surface area contributed by atoms with Gasteiger partial charge in [-0.15, -0.1) is 0 Å². The van der Waals surface area contributed by atoms with Crippen molar-refractivity contribution in [3.05, 3.63) is 71.8 Å². The Bertz CT molecular complexity index is 596. The van der Waals surface area contributed by atoms with Gasteiger partial charge in [0.25, 0.3) is 0 Å². The molecule has 0 fully saturated rings. The number of carbonyl (C=O) groups is 2. The van der Waals surface area contributed by atoms with Crippen LogP contribution >= 0.6 is 15.9 Å². The smallest absolute Gasteiger partial charge is 0.312 e. The Kier molecular flexibility index (Phi) is 4.69. The quantitative estimate of drug-likeness (QED) is 0.673. The molecule has 0 aliphatic heterocycles. The number of halogens is 1. The summed E-state index contributed by atoms with van der Waals surface area (Å²) in [5, 5.41) is 9.41. The highest BCUT2D eigenvalue weighted by Gasteiger charge is 2.33. The lowest BCUT2D eigenvalue weighted by Gasteiger charge is -2.18. The Hall–Kier alpha value is -1.94. The van der Waals surface area contributed by atoms with Gasteiger partial charge in [0, 0.05) is 5.56 Å². The van der Waals surface area contributed by atoms with E-state index in [4.69, 9.17) is 0 Å². The van der Waals surface area contributed by atoms with E-state index in [0.717, 1.165) is 0 Å². The fourth-order valence-corrected chi connectivity index (χ4v) is 2.81. The molecule has 0 amide bonds. The number of ketones is 1. The van der Waals surface area contributed by atoms with Crippen molar-refractivity contribution < 1.29 is 14.7 Å². The van der Waals surface area contributed by atoms with E-state index < -0.39 is 16.7 Å². The van der Waals surface area contributed by atoms with E-state index >= 15 is 0 Å². The van der Waals surface area contributed by atoms with Crippen LogP contribution in [0, 0.1) is 0 Å². The van der Waals surface area contributed by atoms with Crippen molar-refractivity contribution in [3.63, 3.8) is 0 Å². The third kappa shape index (κ3) is 3.14. The van der Waals surface area contributed by atoms with Gasteiger partial charge in [-0.25, -0.2) is 0 Å². The van der Waals surface area contributed by atoms with E-state index in [9.17, 15) is 14.7 Å².